The summed E-state index contributed by atoms with van der Waals surface area (Å²) in [7, 11) is 0.518. The molecule has 0 aromatic heterocycles. The molecule has 0 unspecified atom stereocenters. The van der Waals surface area contributed by atoms with E-state index in [1.807, 2.05) is 27.9 Å². The van der Waals surface area contributed by atoms with Gasteiger partial charge in [0.1, 0.15) is 0 Å². The van der Waals surface area contributed by atoms with Crippen LogP contribution in [0.25, 0.3) is 0 Å². The molecule has 2 rings (SSSR count). The Morgan fingerprint density at radius 2 is 2.00 bits per heavy atom. The number of sulfonamides is 1. The van der Waals surface area contributed by atoms with Crippen LogP contribution in [0.4, 0.5) is 5.69 Å². The number of anilines is 1. The van der Waals surface area contributed by atoms with Gasteiger partial charge in [-0.1, -0.05) is 13.8 Å². The molecule has 0 atom stereocenters. The number of hydrogen-bond acceptors (Lipinski definition) is 3. The monoisotopic (exact) mass is 326 g/mol. The highest BCUT2D eigenvalue weighted by Crippen LogP contribution is 2.25. The van der Waals surface area contributed by atoms with Gasteiger partial charge in [-0.05, 0) is 23.8 Å². The Morgan fingerprint density at radius 1 is 1.32 bits per heavy atom. The topological polar surface area (TPSA) is 79.7 Å². The van der Waals surface area contributed by atoms with Crippen molar-refractivity contribution in [2.75, 3.05) is 32.5 Å². The van der Waals surface area contributed by atoms with Crippen LogP contribution in [0.15, 0.2) is 23.1 Å². The molecular formula is C15H24N3O3S+. The smallest absolute Gasteiger partial charge is 0.240 e. The minimum absolute atomic E-state index is 0.104. The summed E-state index contributed by atoms with van der Waals surface area (Å²) in [6, 6.07) is 4.74. The van der Waals surface area contributed by atoms with Crippen LogP contribution in [-0.2, 0) is 21.2 Å². The highest BCUT2D eigenvalue weighted by atomic mass is 32.2. The zero-order valence-corrected chi connectivity index (χ0v) is 14.3. The summed E-state index contributed by atoms with van der Waals surface area (Å²) < 4.78 is 27.5. The highest BCUT2D eigenvalue weighted by Gasteiger charge is 2.26. The zero-order chi connectivity index (χ0) is 16.5. The molecule has 22 heavy (non-hydrogen) atoms. The lowest BCUT2D eigenvalue weighted by Gasteiger charge is -2.26. The third-order valence-corrected chi connectivity index (χ3v) is 4.98. The Labute approximate surface area is 131 Å². The molecule has 1 aromatic carbocycles. The largest absolute Gasteiger partial charge is 0.339 e. The van der Waals surface area contributed by atoms with Crippen molar-refractivity contribution in [3.63, 3.8) is 0 Å². The van der Waals surface area contributed by atoms with Crippen molar-refractivity contribution in [1.29, 1.82) is 0 Å². The number of amides is 1. The Kier molecular flexibility index (Phi) is 4.60. The van der Waals surface area contributed by atoms with Crippen LogP contribution >= 0.6 is 0 Å². The van der Waals surface area contributed by atoms with Gasteiger partial charge in [0.25, 0.3) is 0 Å². The second-order valence-electron chi connectivity index (χ2n) is 6.92. The van der Waals surface area contributed by atoms with Crippen LogP contribution in [0, 0.1) is 5.41 Å². The lowest BCUT2D eigenvalue weighted by molar-refractivity contribution is -0.865. The number of quaternary nitrogens is 1. The van der Waals surface area contributed by atoms with Gasteiger partial charge in [-0.2, -0.15) is 0 Å². The fourth-order valence-electron chi connectivity index (χ4n) is 2.77. The number of carbonyl (C=O) groups excluding carboxylic acids is 1. The van der Waals surface area contributed by atoms with E-state index in [1.165, 1.54) is 11.0 Å². The second kappa shape index (κ2) is 5.98. The molecule has 0 spiro atoms. The molecule has 0 aliphatic carbocycles. The van der Waals surface area contributed by atoms with E-state index in [0.717, 1.165) is 12.1 Å². The minimum Gasteiger partial charge on any atom is -0.339 e. The average Bonchev–Trinajstić information content (AvgIpc) is 2.74. The van der Waals surface area contributed by atoms with Crippen molar-refractivity contribution in [3.05, 3.63) is 23.8 Å². The van der Waals surface area contributed by atoms with Gasteiger partial charge in [0.15, 0.2) is 0 Å². The number of fused-ring (bicyclic) bond motifs is 1. The van der Waals surface area contributed by atoms with Crippen LogP contribution in [-0.4, -0.2) is 41.5 Å². The number of carbonyl (C=O) groups is 1. The van der Waals surface area contributed by atoms with Crippen molar-refractivity contribution < 1.29 is 18.1 Å². The quantitative estimate of drug-likeness (QED) is 0.667. The van der Waals surface area contributed by atoms with Crippen molar-refractivity contribution in [3.8, 4) is 0 Å². The van der Waals surface area contributed by atoms with E-state index in [0.29, 0.717) is 12.2 Å². The van der Waals surface area contributed by atoms with E-state index >= 15 is 0 Å². The van der Waals surface area contributed by atoms with Crippen molar-refractivity contribution in [2.45, 2.75) is 25.2 Å². The van der Waals surface area contributed by atoms with Crippen molar-refractivity contribution in [2.24, 2.45) is 5.41 Å². The molecule has 0 saturated heterocycles. The molecule has 0 radical (unpaired) electrons. The van der Waals surface area contributed by atoms with E-state index in [2.05, 4.69) is 10.0 Å². The first-order valence-electron chi connectivity index (χ1n) is 7.31. The highest BCUT2D eigenvalue weighted by molar-refractivity contribution is 7.89. The summed E-state index contributed by atoms with van der Waals surface area (Å²) in [4.78, 5) is 12.8. The van der Waals surface area contributed by atoms with Gasteiger partial charge in [0.2, 0.25) is 15.9 Å². The molecule has 7 heteroatoms. The molecule has 1 heterocycles. The van der Waals surface area contributed by atoms with E-state index in [-0.39, 0.29) is 22.6 Å². The Bertz CT molecular complexity index is 681. The first-order valence-corrected chi connectivity index (χ1v) is 8.79. The van der Waals surface area contributed by atoms with Crippen LogP contribution < -0.4 is 14.9 Å². The standard InChI is InChI=1S/C15H23N3O3S/c1-15(2,10-18(3)4)9-16-22(20,21)12-5-6-13-11(7-12)8-14(19)17-13/h5-7,16H,8-10H2,1-4H3,(H,17,19)/p+1. The molecule has 1 amide bonds. The maximum atomic E-state index is 12.4. The third-order valence-electron chi connectivity index (χ3n) is 3.58. The summed E-state index contributed by atoms with van der Waals surface area (Å²) >= 11 is 0. The zero-order valence-electron chi connectivity index (χ0n) is 13.5. The minimum atomic E-state index is -3.57. The molecule has 1 aliphatic heterocycles. The first-order chi connectivity index (χ1) is 10.1. The average molecular weight is 326 g/mol. The summed E-state index contributed by atoms with van der Waals surface area (Å²) in [6.45, 7) is 5.30. The SMILES string of the molecule is C[NH+](C)CC(C)(C)CNS(=O)(=O)c1ccc2c(c1)CC(=O)N2. The number of hydrogen-bond donors (Lipinski definition) is 3. The second-order valence-corrected chi connectivity index (χ2v) is 8.68. The normalized spacial score (nSPS) is 15.0. The van der Waals surface area contributed by atoms with Crippen LogP contribution in [0.5, 0.6) is 0 Å². The van der Waals surface area contributed by atoms with Gasteiger partial charge in [-0.3, -0.25) is 4.79 Å². The number of rotatable bonds is 6. The molecule has 1 aromatic rings. The lowest BCUT2D eigenvalue weighted by atomic mass is 9.93. The molecule has 6 nitrogen and oxygen atoms in total. The van der Waals surface area contributed by atoms with Crippen LogP contribution in [0.2, 0.25) is 0 Å². The number of nitrogens with one attached hydrogen (secondary N) is 3. The number of benzene rings is 1. The van der Waals surface area contributed by atoms with Crippen molar-refractivity contribution in [1.82, 2.24) is 4.72 Å². The lowest BCUT2D eigenvalue weighted by Crippen LogP contribution is -3.07. The molecule has 122 valence electrons. The molecule has 0 saturated carbocycles. The summed E-state index contributed by atoms with van der Waals surface area (Å²) in [6.07, 6.45) is 0.230. The Morgan fingerprint density at radius 3 is 2.64 bits per heavy atom. The molecule has 0 bridgehead atoms. The fourth-order valence-corrected chi connectivity index (χ4v) is 4.06. The van der Waals surface area contributed by atoms with Gasteiger partial charge in [-0.25, -0.2) is 13.1 Å². The van der Waals surface area contributed by atoms with E-state index < -0.39 is 10.0 Å². The van der Waals surface area contributed by atoms with Gasteiger partial charge in [0.05, 0.1) is 32.0 Å². The maximum Gasteiger partial charge on any atom is 0.240 e. The summed E-state index contributed by atoms with van der Waals surface area (Å²) in [5.74, 6) is -0.104. The van der Waals surface area contributed by atoms with E-state index in [1.54, 1.807) is 12.1 Å². The molecule has 1 aliphatic rings. The third kappa shape index (κ3) is 4.06. The first kappa shape index (κ1) is 16.9. The van der Waals surface area contributed by atoms with Gasteiger partial charge in [0, 0.05) is 17.6 Å². The van der Waals surface area contributed by atoms with Gasteiger partial charge >= 0.3 is 0 Å². The molecular weight excluding hydrogens is 302 g/mol. The summed E-state index contributed by atoms with van der Waals surface area (Å²) in [5, 5.41) is 2.70. The molecule has 3 N–H and O–H groups in total. The van der Waals surface area contributed by atoms with E-state index in [9.17, 15) is 13.2 Å². The van der Waals surface area contributed by atoms with Gasteiger partial charge < -0.3 is 10.2 Å². The predicted molar refractivity (Wildman–Crippen MR) is 85.4 cm³/mol. The molecule has 0 fully saturated rings. The van der Waals surface area contributed by atoms with Crippen LogP contribution in [0.1, 0.15) is 19.4 Å². The van der Waals surface area contributed by atoms with Gasteiger partial charge in [-0.15, -0.1) is 0 Å². The van der Waals surface area contributed by atoms with E-state index in [4.69, 9.17) is 0 Å². The Balaban J connectivity index is 2.11. The van der Waals surface area contributed by atoms with Crippen molar-refractivity contribution >= 4 is 21.6 Å². The maximum absolute atomic E-state index is 12.4. The Hall–Kier alpha value is -1.44. The summed E-state index contributed by atoms with van der Waals surface area (Å²) in [5.41, 5.74) is 1.28. The predicted octanol–water partition coefficient (Wildman–Crippen LogP) is -0.370. The fraction of sp³-hybridized carbons (Fsp3) is 0.533. The van der Waals surface area contributed by atoms with Crippen LogP contribution in [0.3, 0.4) is 0 Å².